The summed E-state index contributed by atoms with van der Waals surface area (Å²) >= 11 is 0. The van der Waals surface area contributed by atoms with Gasteiger partial charge in [0.1, 0.15) is 0 Å². The Balaban J connectivity index is 1.77. The molecule has 1 N–H and O–H groups in total. The number of nitrogens with zero attached hydrogens (tertiary/aromatic N) is 6. The van der Waals surface area contributed by atoms with Crippen LogP contribution in [0.5, 0.6) is 0 Å². The van der Waals surface area contributed by atoms with Gasteiger partial charge in [-0.1, -0.05) is 5.16 Å². The molecule has 0 radical (unpaired) electrons. The third kappa shape index (κ3) is 2.40. The molecule has 4 rings (SSSR count). The van der Waals surface area contributed by atoms with Crippen molar-refractivity contribution in [2.45, 2.75) is 13.0 Å². The van der Waals surface area contributed by atoms with Crippen LogP contribution >= 0.6 is 0 Å². The molecule has 120 valence electrons. The number of aryl methyl sites for hydroxylation is 2. The van der Waals surface area contributed by atoms with Crippen molar-refractivity contribution >= 4 is 11.0 Å². The monoisotopic (exact) mass is 313 g/mol. The van der Waals surface area contributed by atoms with E-state index in [2.05, 4.69) is 37.5 Å². The standard InChI is InChI=1S/C15H19N7O/c1-9-6-10(11-7-17-22(3)14(11)18-9)15-19-13(20-23-15)12-8-16-4-5-21(12)2/h6-7,12,16H,4-5,8H2,1-3H3. The summed E-state index contributed by atoms with van der Waals surface area (Å²) < 4.78 is 7.30. The van der Waals surface area contributed by atoms with Gasteiger partial charge >= 0.3 is 0 Å². The molecule has 23 heavy (non-hydrogen) atoms. The van der Waals surface area contributed by atoms with Crippen molar-refractivity contribution in [3.63, 3.8) is 0 Å². The van der Waals surface area contributed by atoms with Crippen LogP contribution in [-0.2, 0) is 7.05 Å². The van der Waals surface area contributed by atoms with Gasteiger partial charge in [-0.3, -0.25) is 9.58 Å². The number of piperazine rings is 1. The lowest BCUT2D eigenvalue weighted by Crippen LogP contribution is -2.44. The molecule has 3 aromatic rings. The third-order valence-corrected chi connectivity index (χ3v) is 4.31. The van der Waals surface area contributed by atoms with Crippen LogP contribution < -0.4 is 5.32 Å². The molecule has 0 aliphatic carbocycles. The van der Waals surface area contributed by atoms with E-state index in [4.69, 9.17) is 4.52 Å². The number of rotatable bonds is 2. The molecule has 1 saturated heterocycles. The average molecular weight is 313 g/mol. The van der Waals surface area contributed by atoms with Crippen molar-refractivity contribution in [2.75, 3.05) is 26.7 Å². The Bertz CT molecular complexity index is 853. The van der Waals surface area contributed by atoms with Crippen LogP contribution in [0.2, 0.25) is 0 Å². The third-order valence-electron chi connectivity index (χ3n) is 4.31. The fourth-order valence-electron chi connectivity index (χ4n) is 2.99. The molecule has 4 heterocycles. The number of hydrogen-bond acceptors (Lipinski definition) is 7. The van der Waals surface area contributed by atoms with Crippen LogP contribution in [0.15, 0.2) is 16.8 Å². The highest BCUT2D eigenvalue weighted by molar-refractivity contribution is 5.90. The Morgan fingerprint density at radius 1 is 1.30 bits per heavy atom. The first kappa shape index (κ1) is 14.3. The van der Waals surface area contributed by atoms with E-state index in [-0.39, 0.29) is 6.04 Å². The Hall–Kier alpha value is -2.32. The van der Waals surface area contributed by atoms with Crippen LogP contribution in [0, 0.1) is 6.92 Å². The van der Waals surface area contributed by atoms with Gasteiger partial charge in [0, 0.05) is 32.4 Å². The first-order valence-corrected chi connectivity index (χ1v) is 7.68. The number of fused-ring (bicyclic) bond motifs is 1. The predicted octanol–water partition coefficient (Wildman–Crippen LogP) is 0.903. The first-order valence-electron chi connectivity index (χ1n) is 7.68. The van der Waals surface area contributed by atoms with E-state index in [0.717, 1.165) is 41.9 Å². The SMILES string of the molecule is Cc1cc(-c2nc(C3CNCCN3C)no2)c2cnn(C)c2n1. The maximum Gasteiger partial charge on any atom is 0.258 e. The van der Waals surface area contributed by atoms with Crippen molar-refractivity contribution < 1.29 is 4.52 Å². The second kappa shape index (κ2) is 5.39. The van der Waals surface area contributed by atoms with Gasteiger partial charge in [0.05, 0.1) is 23.2 Å². The second-order valence-electron chi connectivity index (χ2n) is 5.97. The van der Waals surface area contributed by atoms with Crippen LogP contribution in [0.25, 0.3) is 22.5 Å². The molecule has 8 heteroatoms. The Morgan fingerprint density at radius 2 is 2.17 bits per heavy atom. The number of aromatic nitrogens is 5. The second-order valence-corrected chi connectivity index (χ2v) is 5.97. The molecule has 1 fully saturated rings. The van der Waals surface area contributed by atoms with Gasteiger partial charge in [-0.25, -0.2) is 4.98 Å². The zero-order valence-corrected chi connectivity index (χ0v) is 13.4. The maximum atomic E-state index is 5.54. The van der Waals surface area contributed by atoms with Gasteiger partial charge in [-0.15, -0.1) is 0 Å². The molecule has 1 aliphatic rings. The molecule has 8 nitrogen and oxygen atoms in total. The van der Waals surface area contributed by atoms with Gasteiger partial charge in [-0.2, -0.15) is 10.1 Å². The van der Waals surface area contributed by atoms with E-state index >= 15 is 0 Å². The normalized spacial score (nSPS) is 19.5. The first-order chi connectivity index (χ1) is 11.1. The Morgan fingerprint density at radius 3 is 3.00 bits per heavy atom. The number of likely N-dealkylation sites (N-methyl/N-ethyl adjacent to an activating group) is 1. The van der Waals surface area contributed by atoms with Gasteiger partial charge in [0.15, 0.2) is 11.5 Å². The fraction of sp³-hybridized carbons (Fsp3) is 0.467. The lowest BCUT2D eigenvalue weighted by molar-refractivity contribution is 0.190. The van der Waals surface area contributed by atoms with Crippen molar-refractivity contribution in [1.29, 1.82) is 0 Å². The summed E-state index contributed by atoms with van der Waals surface area (Å²) in [5.41, 5.74) is 2.59. The molecule has 0 bridgehead atoms. The van der Waals surface area contributed by atoms with Crippen LogP contribution in [0.4, 0.5) is 0 Å². The summed E-state index contributed by atoms with van der Waals surface area (Å²) in [4.78, 5) is 11.4. The summed E-state index contributed by atoms with van der Waals surface area (Å²) in [6.45, 7) is 4.73. The Labute approximate surface area is 133 Å². The lowest BCUT2D eigenvalue weighted by atomic mass is 10.1. The van der Waals surface area contributed by atoms with Crippen molar-refractivity contribution in [3.05, 3.63) is 23.8 Å². The summed E-state index contributed by atoms with van der Waals surface area (Å²) in [6.07, 6.45) is 1.79. The highest BCUT2D eigenvalue weighted by Crippen LogP contribution is 2.28. The fourth-order valence-corrected chi connectivity index (χ4v) is 2.99. The van der Waals surface area contributed by atoms with Crippen LogP contribution in [-0.4, -0.2) is 56.5 Å². The predicted molar refractivity (Wildman–Crippen MR) is 84.8 cm³/mol. The molecule has 0 saturated carbocycles. The number of pyridine rings is 1. The van der Waals surface area contributed by atoms with Gasteiger partial charge in [0.25, 0.3) is 5.89 Å². The van der Waals surface area contributed by atoms with Crippen molar-refractivity contribution in [1.82, 2.24) is 35.1 Å². The number of nitrogens with one attached hydrogen (secondary N) is 1. The molecular weight excluding hydrogens is 294 g/mol. The highest BCUT2D eigenvalue weighted by Gasteiger charge is 2.26. The molecule has 1 aliphatic heterocycles. The lowest BCUT2D eigenvalue weighted by Gasteiger charge is -2.30. The molecular formula is C15H19N7O. The summed E-state index contributed by atoms with van der Waals surface area (Å²) in [7, 11) is 3.96. The van der Waals surface area contributed by atoms with E-state index in [1.807, 2.05) is 20.0 Å². The smallest absolute Gasteiger partial charge is 0.258 e. The van der Waals surface area contributed by atoms with E-state index < -0.39 is 0 Å². The quantitative estimate of drug-likeness (QED) is 0.752. The minimum absolute atomic E-state index is 0.133. The summed E-state index contributed by atoms with van der Waals surface area (Å²) in [6, 6.07) is 2.10. The summed E-state index contributed by atoms with van der Waals surface area (Å²) in [5, 5.41) is 12.8. The zero-order chi connectivity index (χ0) is 16.0. The minimum Gasteiger partial charge on any atom is -0.334 e. The number of hydrogen-bond donors (Lipinski definition) is 1. The topological polar surface area (TPSA) is 84.9 Å². The van der Waals surface area contributed by atoms with Crippen LogP contribution in [0.3, 0.4) is 0 Å². The van der Waals surface area contributed by atoms with Gasteiger partial charge < -0.3 is 9.84 Å². The highest BCUT2D eigenvalue weighted by atomic mass is 16.5. The largest absolute Gasteiger partial charge is 0.334 e. The zero-order valence-electron chi connectivity index (χ0n) is 13.4. The molecule has 1 atom stereocenters. The van der Waals surface area contributed by atoms with E-state index in [0.29, 0.717) is 11.7 Å². The molecule has 1 unspecified atom stereocenters. The summed E-state index contributed by atoms with van der Waals surface area (Å²) in [5.74, 6) is 1.23. The average Bonchev–Trinajstić information content (AvgIpc) is 3.15. The molecule has 0 spiro atoms. The minimum atomic E-state index is 0.133. The van der Waals surface area contributed by atoms with E-state index in [9.17, 15) is 0 Å². The van der Waals surface area contributed by atoms with Crippen molar-refractivity contribution in [2.24, 2.45) is 7.05 Å². The van der Waals surface area contributed by atoms with E-state index in [1.54, 1.807) is 10.9 Å². The van der Waals surface area contributed by atoms with E-state index in [1.165, 1.54) is 0 Å². The molecule has 0 amide bonds. The van der Waals surface area contributed by atoms with Crippen molar-refractivity contribution in [3.8, 4) is 11.5 Å². The van der Waals surface area contributed by atoms with Gasteiger partial charge in [-0.05, 0) is 20.0 Å². The molecule has 0 aromatic carbocycles. The molecule has 3 aromatic heterocycles. The van der Waals surface area contributed by atoms with Gasteiger partial charge in [0.2, 0.25) is 0 Å². The van der Waals surface area contributed by atoms with Crippen LogP contribution in [0.1, 0.15) is 17.6 Å². The Kier molecular flexibility index (Phi) is 3.35. The maximum absolute atomic E-state index is 5.54.